The highest BCUT2D eigenvalue weighted by Gasteiger charge is 2.30. The van der Waals surface area contributed by atoms with Crippen LogP contribution in [-0.2, 0) is 14.8 Å². The minimum atomic E-state index is -3.51. The van der Waals surface area contributed by atoms with Crippen LogP contribution < -0.4 is 0 Å². The van der Waals surface area contributed by atoms with Gasteiger partial charge in [-0.2, -0.15) is 4.31 Å². The van der Waals surface area contributed by atoms with Crippen LogP contribution in [0, 0.1) is 5.92 Å². The summed E-state index contributed by atoms with van der Waals surface area (Å²) in [5.41, 5.74) is 0. The van der Waals surface area contributed by atoms with Gasteiger partial charge in [0.25, 0.3) is 0 Å². The monoisotopic (exact) mass is 335 g/mol. The maximum Gasteiger partial charge on any atom is 0.244 e. The number of rotatable bonds is 4. The van der Waals surface area contributed by atoms with E-state index in [1.54, 1.807) is 23.2 Å². The molecular formula is C16H21N3O3S. The summed E-state index contributed by atoms with van der Waals surface area (Å²) >= 11 is 0. The number of amides is 1. The predicted molar refractivity (Wildman–Crippen MR) is 86.1 cm³/mol. The Morgan fingerprint density at radius 3 is 2.65 bits per heavy atom. The molecule has 0 unspecified atom stereocenters. The molecule has 1 atom stereocenters. The largest absolute Gasteiger partial charge is 0.340 e. The number of nitrogens with zero attached hydrogens (tertiary/aromatic N) is 3. The highest BCUT2D eigenvalue weighted by atomic mass is 32.2. The number of pyridine rings is 1. The second-order valence-electron chi connectivity index (χ2n) is 5.94. The molecule has 124 valence electrons. The molecule has 23 heavy (non-hydrogen) atoms. The van der Waals surface area contributed by atoms with Crippen molar-refractivity contribution in [2.45, 2.75) is 24.2 Å². The Balaban J connectivity index is 1.58. The average Bonchev–Trinajstić information content (AvgIpc) is 3.09. The normalized spacial score (nSPS) is 22.4. The van der Waals surface area contributed by atoms with Gasteiger partial charge in [-0.1, -0.05) is 12.2 Å². The summed E-state index contributed by atoms with van der Waals surface area (Å²) in [5, 5.41) is 0. The SMILES string of the molecule is O=C(C[C@@H]1C=CCC1)N1CCN(S(=O)(=O)c2cccnc2)CC1. The lowest BCUT2D eigenvalue weighted by Gasteiger charge is -2.34. The Morgan fingerprint density at radius 1 is 1.26 bits per heavy atom. The minimum absolute atomic E-state index is 0.125. The van der Waals surface area contributed by atoms with Crippen molar-refractivity contribution < 1.29 is 13.2 Å². The van der Waals surface area contributed by atoms with Gasteiger partial charge in [-0.05, 0) is 30.9 Å². The number of piperazine rings is 1. The molecule has 0 N–H and O–H groups in total. The van der Waals surface area contributed by atoms with Gasteiger partial charge in [-0.3, -0.25) is 9.78 Å². The molecule has 7 heteroatoms. The van der Waals surface area contributed by atoms with Crippen LogP contribution in [0.4, 0.5) is 0 Å². The lowest BCUT2D eigenvalue weighted by Crippen LogP contribution is -2.50. The first-order valence-electron chi connectivity index (χ1n) is 7.92. The molecule has 1 saturated heterocycles. The molecule has 0 saturated carbocycles. The number of aromatic nitrogens is 1. The minimum Gasteiger partial charge on any atom is -0.340 e. The van der Waals surface area contributed by atoms with Crippen LogP contribution in [0.5, 0.6) is 0 Å². The highest BCUT2D eigenvalue weighted by molar-refractivity contribution is 7.89. The number of hydrogen-bond acceptors (Lipinski definition) is 4. The Labute approximate surface area is 136 Å². The summed E-state index contributed by atoms with van der Waals surface area (Å²) in [6.45, 7) is 1.58. The molecule has 1 aromatic rings. The molecule has 2 aliphatic rings. The van der Waals surface area contributed by atoms with E-state index in [4.69, 9.17) is 0 Å². The van der Waals surface area contributed by atoms with Crippen LogP contribution in [0.25, 0.3) is 0 Å². The second-order valence-corrected chi connectivity index (χ2v) is 7.88. The standard InChI is InChI=1S/C16H21N3O3S/c20-16(12-14-4-1-2-5-14)18-8-10-19(11-9-18)23(21,22)15-6-3-7-17-13-15/h1,3-4,6-7,13-14H,2,5,8-12H2/t14-/m1/s1. The van der Waals surface area contributed by atoms with Crippen molar-refractivity contribution >= 4 is 15.9 Å². The van der Waals surface area contributed by atoms with Gasteiger partial charge in [-0.25, -0.2) is 8.42 Å². The van der Waals surface area contributed by atoms with Crippen LogP contribution in [0.15, 0.2) is 41.6 Å². The van der Waals surface area contributed by atoms with Gasteiger partial charge in [0.1, 0.15) is 4.90 Å². The lowest BCUT2D eigenvalue weighted by atomic mass is 10.0. The van der Waals surface area contributed by atoms with Crippen LogP contribution in [0.2, 0.25) is 0 Å². The number of carbonyl (C=O) groups is 1. The molecule has 1 aliphatic heterocycles. The molecule has 2 heterocycles. The van der Waals surface area contributed by atoms with Crippen molar-refractivity contribution in [2.24, 2.45) is 5.92 Å². The number of hydrogen-bond donors (Lipinski definition) is 0. The van der Waals surface area contributed by atoms with E-state index in [-0.39, 0.29) is 10.8 Å². The van der Waals surface area contributed by atoms with E-state index in [0.717, 1.165) is 12.8 Å². The van der Waals surface area contributed by atoms with Crippen LogP contribution >= 0.6 is 0 Å². The van der Waals surface area contributed by atoms with Gasteiger partial charge in [0.05, 0.1) is 0 Å². The van der Waals surface area contributed by atoms with Gasteiger partial charge in [-0.15, -0.1) is 0 Å². The Kier molecular flexibility index (Phi) is 4.77. The fraction of sp³-hybridized carbons (Fsp3) is 0.500. The molecular weight excluding hydrogens is 314 g/mol. The van der Waals surface area contributed by atoms with Crippen LogP contribution in [-0.4, -0.2) is 54.7 Å². The van der Waals surface area contributed by atoms with Crippen molar-refractivity contribution in [3.63, 3.8) is 0 Å². The summed E-state index contributed by atoms with van der Waals surface area (Å²) < 4.78 is 26.5. The van der Waals surface area contributed by atoms with Crippen molar-refractivity contribution in [3.8, 4) is 0 Å². The maximum absolute atomic E-state index is 12.5. The zero-order valence-corrected chi connectivity index (χ0v) is 13.8. The molecule has 1 aromatic heterocycles. The predicted octanol–water partition coefficient (Wildman–Crippen LogP) is 1.27. The molecule has 1 amide bonds. The van der Waals surface area contributed by atoms with E-state index in [9.17, 15) is 13.2 Å². The topological polar surface area (TPSA) is 70.6 Å². The fourth-order valence-electron chi connectivity index (χ4n) is 3.05. The molecule has 0 bridgehead atoms. The van der Waals surface area contributed by atoms with Crippen molar-refractivity contribution in [2.75, 3.05) is 26.2 Å². The van der Waals surface area contributed by atoms with Gasteiger partial charge in [0, 0.05) is 45.0 Å². The first-order valence-corrected chi connectivity index (χ1v) is 9.36. The second kappa shape index (κ2) is 6.80. The van der Waals surface area contributed by atoms with Gasteiger partial charge in [0.2, 0.25) is 15.9 Å². The summed E-state index contributed by atoms with van der Waals surface area (Å²) in [5.74, 6) is 0.472. The van der Waals surface area contributed by atoms with E-state index >= 15 is 0 Å². The third kappa shape index (κ3) is 3.61. The number of carbonyl (C=O) groups excluding carboxylic acids is 1. The number of sulfonamides is 1. The summed E-state index contributed by atoms with van der Waals surface area (Å²) in [4.78, 5) is 18.1. The highest BCUT2D eigenvalue weighted by Crippen LogP contribution is 2.22. The quantitative estimate of drug-likeness (QED) is 0.777. The molecule has 3 rings (SSSR count). The summed E-state index contributed by atoms with van der Waals surface area (Å²) in [6.07, 6.45) is 9.77. The van der Waals surface area contributed by atoms with Crippen LogP contribution in [0.3, 0.4) is 0 Å². The number of allylic oxidation sites excluding steroid dienone is 2. The maximum atomic E-state index is 12.5. The first kappa shape index (κ1) is 16.1. The molecule has 0 aromatic carbocycles. The third-order valence-corrected chi connectivity index (χ3v) is 6.29. The first-order chi connectivity index (χ1) is 11.1. The van der Waals surface area contributed by atoms with E-state index in [2.05, 4.69) is 17.1 Å². The van der Waals surface area contributed by atoms with E-state index < -0.39 is 10.0 Å². The zero-order valence-electron chi connectivity index (χ0n) is 13.0. The molecule has 0 spiro atoms. The zero-order chi connectivity index (χ0) is 16.3. The fourth-order valence-corrected chi connectivity index (χ4v) is 4.43. The van der Waals surface area contributed by atoms with E-state index in [1.165, 1.54) is 10.5 Å². The summed E-state index contributed by atoms with van der Waals surface area (Å²) in [6, 6.07) is 3.16. The van der Waals surface area contributed by atoms with Crippen molar-refractivity contribution in [1.29, 1.82) is 0 Å². The van der Waals surface area contributed by atoms with Crippen molar-refractivity contribution in [3.05, 3.63) is 36.7 Å². The Morgan fingerprint density at radius 2 is 2.04 bits per heavy atom. The van der Waals surface area contributed by atoms with Gasteiger partial charge in [0.15, 0.2) is 0 Å². The summed E-state index contributed by atoms with van der Waals surface area (Å²) in [7, 11) is -3.51. The lowest BCUT2D eigenvalue weighted by molar-refractivity contribution is -0.133. The third-order valence-electron chi connectivity index (χ3n) is 4.41. The average molecular weight is 335 g/mol. The molecule has 0 radical (unpaired) electrons. The molecule has 6 nitrogen and oxygen atoms in total. The Bertz CT molecular complexity index is 680. The molecule has 1 fully saturated rings. The van der Waals surface area contributed by atoms with Gasteiger partial charge >= 0.3 is 0 Å². The van der Waals surface area contributed by atoms with Crippen LogP contribution in [0.1, 0.15) is 19.3 Å². The van der Waals surface area contributed by atoms with E-state index in [0.29, 0.717) is 38.5 Å². The van der Waals surface area contributed by atoms with Gasteiger partial charge < -0.3 is 4.90 Å². The smallest absolute Gasteiger partial charge is 0.244 e. The van der Waals surface area contributed by atoms with Crippen molar-refractivity contribution in [1.82, 2.24) is 14.2 Å². The van der Waals surface area contributed by atoms with E-state index in [1.807, 2.05) is 0 Å². The molecule has 1 aliphatic carbocycles. The Hall–Kier alpha value is -1.73.